The summed E-state index contributed by atoms with van der Waals surface area (Å²) in [7, 11) is -3.49. The molecule has 94 valence electrons. The van der Waals surface area contributed by atoms with Gasteiger partial charge in [0, 0.05) is 24.1 Å². The average molecular weight is 274 g/mol. The lowest BCUT2D eigenvalue weighted by molar-refractivity contribution is 0.367. The Labute approximate surface area is 105 Å². The van der Waals surface area contributed by atoms with Gasteiger partial charge in [-0.3, -0.25) is 0 Å². The Morgan fingerprint density at radius 1 is 1.47 bits per heavy atom. The molecular weight excluding hydrogens is 260 g/mol. The summed E-state index contributed by atoms with van der Waals surface area (Å²) in [5.41, 5.74) is 5.34. The highest BCUT2D eigenvalue weighted by atomic mass is 32.2. The van der Waals surface area contributed by atoms with Crippen LogP contribution in [0.25, 0.3) is 0 Å². The first-order valence-electron chi connectivity index (χ1n) is 5.19. The Hall–Kier alpha value is -0.860. The molecule has 0 saturated carbocycles. The third kappa shape index (κ3) is 2.53. The van der Waals surface area contributed by atoms with Crippen LogP contribution in [-0.2, 0) is 10.0 Å². The predicted molar refractivity (Wildman–Crippen MR) is 67.1 cm³/mol. The summed E-state index contributed by atoms with van der Waals surface area (Å²) in [6, 6.07) is -0.00342. The van der Waals surface area contributed by atoms with Gasteiger partial charge in [0.25, 0.3) is 0 Å². The zero-order valence-electron chi connectivity index (χ0n) is 9.41. The monoisotopic (exact) mass is 274 g/mol. The normalized spacial score (nSPS) is 22.5. The summed E-state index contributed by atoms with van der Waals surface area (Å²) < 4.78 is 26.1. The van der Waals surface area contributed by atoms with Crippen LogP contribution in [-0.4, -0.2) is 46.8 Å². The van der Waals surface area contributed by atoms with Crippen molar-refractivity contribution in [2.24, 2.45) is 0 Å². The zero-order chi connectivity index (χ0) is 12.5. The van der Waals surface area contributed by atoms with E-state index in [9.17, 15) is 8.42 Å². The maximum absolute atomic E-state index is 12.3. The van der Waals surface area contributed by atoms with Crippen molar-refractivity contribution in [1.29, 1.82) is 0 Å². The van der Waals surface area contributed by atoms with Crippen molar-refractivity contribution in [3.05, 3.63) is 12.4 Å². The second-order valence-electron chi connectivity index (χ2n) is 3.82. The molecule has 0 amide bonds. The van der Waals surface area contributed by atoms with E-state index in [2.05, 4.69) is 9.97 Å². The van der Waals surface area contributed by atoms with Crippen molar-refractivity contribution in [2.45, 2.75) is 17.9 Å². The Morgan fingerprint density at radius 2 is 2.12 bits per heavy atom. The lowest BCUT2D eigenvalue weighted by atomic mass is 10.4. The third-order valence-corrected chi connectivity index (χ3v) is 5.72. The van der Waals surface area contributed by atoms with Gasteiger partial charge in [0.15, 0.2) is 0 Å². The van der Waals surface area contributed by atoms with Crippen LogP contribution < -0.4 is 5.73 Å². The van der Waals surface area contributed by atoms with Crippen molar-refractivity contribution in [3.63, 3.8) is 0 Å². The van der Waals surface area contributed by atoms with Crippen LogP contribution in [0.4, 0.5) is 5.95 Å². The lowest BCUT2D eigenvalue weighted by Gasteiger charge is -2.31. The molecule has 2 rings (SSSR count). The van der Waals surface area contributed by atoms with Crippen LogP contribution in [0.3, 0.4) is 0 Å². The first kappa shape index (κ1) is 12.6. The molecule has 1 fully saturated rings. The van der Waals surface area contributed by atoms with Crippen LogP contribution in [0.5, 0.6) is 0 Å². The number of nitrogen functional groups attached to an aromatic ring is 1. The first-order valence-corrected chi connectivity index (χ1v) is 7.78. The number of thioether (sulfide) groups is 1. The summed E-state index contributed by atoms with van der Waals surface area (Å²) in [5, 5.41) is 0. The number of hydrogen-bond acceptors (Lipinski definition) is 6. The molecule has 0 aromatic carbocycles. The maximum atomic E-state index is 12.3. The molecule has 8 heteroatoms. The molecule has 1 saturated heterocycles. The average Bonchev–Trinajstić information content (AvgIpc) is 2.30. The minimum atomic E-state index is -3.49. The van der Waals surface area contributed by atoms with E-state index in [1.165, 1.54) is 16.7 Å². The Kier molecular flexibility index (Phi) is 3.55. The van der Waals surface area contributed by atoms with Crippen LogP contribution in [0.15, 0.2) is 17.3 Å². The van der Waals surface area contributed by atoms with E-state index in [1.807, 2.05) is 6.92 Å². The maximum Gasteiger partial charge on any atom is 0.246 e. The molecule has 0 bridgehead atoms. The van der Waals surface area contributed by atoms with Crippen LogP contribution in [0.2, 0.25) is 0 Å². The highest BCUT2D eigenvalue weighted by Crippen LogP contribution is 2.23. The van der Waals surface area contributed by atoms with Gasteiger partial charge in [0.2, 0.25) is 16.0 Å². The quantitative estimate of drug-likeness (QED) is 0.828. The summed E-state index contributed by atoms with van der Waals surface area (Å²) in [5.74, 6) is 1.71. The van der Waals surface area contributed by atoms with Crippen molar-refractivity contribution < 1.29 is 8.42 Å². The summed E-state index contributed by atoms with van der Waals surface area (Å²) in [6.07, 6.45) is 2.51. The Bertz CT molecular complexity index is 488. The van der Waals surface area contributed by atoms with E-state index in [1.54, 1.807) is 11.8 Å². The zero-order valence-corrected chi connectivity index (χ0v) is 11.0. The summed E-state index contributed by atoms with van der Waals surface area (Å²) in [6.45, 7) is 2.43. The minimum absolute atomic E-state index is 0.00342. The number of hydrogen-bond donors (Lipinski definition) is 1. The highest BCUT2D eigenvalue weighted by molar-refractivity contribution is 7.99. The second kappa shape index (κ2) is 4.79. The van der Waals surface area contributed by atoms with E-state index < -0.39 is 10.0 Å². The largest absolute Gasteiger partial charge is 0.368 e. The molecule has 17 heavy (non-hydrogen) atoms. The van der Waals surface area contributed by atoms with Gasteiger partial charge in [-0.1, -0.05) is 0 Å². The molecule has 6 nitrogen and oxygen atoms in total. The van der Waals surface area contributed by atoms with Crippen molar-refractivity contribution in [2.75, 3.05) is 23.8 Å². The third-order valence-electron chi connectivity index (χ3n) is 2.56. The van der Waals surface area contributed by atoms with Gasteiger partial charge < -0.3 is 5.73 Å². The van der Waals surface area contributed by atoms with Gasteiger partial charge in [-0.05, 0) is 6.92 Å². The molecule has 1 aromatic heterocycles. The van der Waals surface area contributed by atoms with Gasteiger partial charge in [-0.2, -0.15) is 16.1 Å². The molecule has 1 aromatic rings. The molecule has 0 aliphatic carbocycles. The smallest absolute Gasteiger partial charge is 0.246 e. The molecule has 2 heterocycles. The number of aromatic nitrogens is 2. The summed E-state index contributed by atoms with van der Waals surface area (Å²) >= 11 is 1.76. The number of nitrogens with zero attached hydrogens (tertiary/aromatic N) is 3. The molecule has 1 aliphatic heterocycles. The van der Waals surface area contributed by atoms with E-state index in [4.69, 9.17) is 5.73 Å². The molecule has 1 atom stereocenters. The Morgan fingerprint density at radius 3 is 2.71 bits per heavy atom. The van der Waals surface area contributed by atoms with Crippen LogP contribution in [0, 0.1) is 0 Å². The van der Waals surface area contributed by atoms with E-state index in [0.717, 1.165) is 11.5 Å². The van der Waals surface area contributed by atoms with Gasteiger partial charge in [0.05, 0.1) is 12.4 Å². The molecule has 0 spiro atoms. The number of rotatable bonds is 2. The van der Waals surface area contributed by atoms with Crippen LogP contribution in [0.1, 0.15) is 6.92 Å². The first-order chi connectivity index (χ1) is 8.01. The molecule has 1 aliphatic rings. The van der Waals surface area contributed by atoms with E-state index in [0.29, 0.717) is 6.54 Å². The fourth-order valence-electron chi connectivity index (χ4n) is 1.66. The second-order valence-corrected chi connectivity index (χ2v) is 6.86. The van der Waals surface area contributed by atoms with Gasteiger partial charge in [-0.25, -0.2) is 18.4 Å². The fourth-order valence-corrected chi connectivity index (χ4v) is 4.41. The lowest BCUT2D eigenvalue weighted by Crippen LogP contribution is -2.44. The highest BCUT2D eigenvalue weighted by Gasteiger charge is 2.31. The van der Waals surface area contributed by atoms with Crippen LogP contribution >= 0.6 is 11.8 Å². The van der Waals surface area contributed by atoms with Gasteiger partial charge in [-0.15, -0.1) is 0 Å². The van der Waals surface area contributed by atoms with Crippen molar-refractivity contribution in [3.8, 4) is 0 Å². The SMILES string of the molecule is CC1CSCCN1S(=O)(=O)c1cnc(N)nc1. The number of sulfonamides is 1. The number of nitrogens with two attached hydrogens (primary N) is 1. The molecular formula is C9H14N4O2S2. The topological polar surface area (TPSA) is 89.2 Å². The van der Waals surface area contributed by atoms with Crippen molar-refractivity contribution in [1.82, 2.24) is 14.3 Å². The predicted octanol–water partition coefficient (Wildman–Crippen LogP) is 0.185. The molecule has 1 unspecified atom stereocenters. The summed E-state index contributed by atoms with van der Waals surface area (Å²) in [4.78, 5) is 7.54. The van der Waals surface area contributed by atoms with Gasteiger partial charge in [0.1, 0.15) is 4.90 Å². The van der Waals surface area contributed by atoms with Gasteiger partial charge >= 0.3 is 0 Å². The fraction of sp³-hybridized carbons (Fsp3) is 0.556. The minimum Gasteiger partial charge on any atom is -0.368 e. The molecule has 0 radical (unpaired) electrons. The van der Waals surface area contributed by atoms with E-state index >= 15 is 0 Å². The molecule has 2 N–H and O–H groups in total. The van der Waals surface area contributed by atoms with E-state index in [-0.39, 0.29) is 16.9 Å². The number of anilines is 1. The Balaban J connectivity index is 2.32. The standard InChI is InChI=1S/C9H14N4O2S2/c1-7-6-16-3-2-13(7)17(14,15)8-4-11-9(10)12-5-8/h4-5,7H,2-3,6H2,1H3,(H2,10,11,12). The van der Waals surface area contributed by atoms with Crippen molar-refractivity contribution >= 4 is 27.7 Å².